The molecule has 0 aliphatic rings. The normalized spacial score (nSPS) is 10.4. The second-order valence-corrected chi connectivity index (χ2v) is 4.34. The van der Waals surface area contributed by atoms with Crippen LogP contribution in [0.5, 0.6) is 0 Å². The minimum atomic E-state index is -1.37. The van der Waals surface area contributed by atoms with Crippen LogP contribution in [-0.2, 0) is 0 Å². The topological polar surface area (TPSA) is 55.1 Å². The van der Waals surface area contributed by atoms with E-state index >= 15 is 0 Å². The van der Waals surface area contributed by atoms with Gasteiger partial charge in [0.15, 0.2) is 11.6 Å². The molecule has 3 N–H and O–H groups in total. The second kappa shape index (κ2) is 5.24. The summed E-state index contributed by atoms with van der Waals surface area (Å²) in [5.74, 6) is -4.38. The standard InChI is InChI=1S/C14H11F3N2O/c1-7-2-8(4-10(18)3-7)14(20)19-12-6-9(15)5-11(16)13(12)17/h2-6H,18H2,1H3,(H,19,20). The van der Waals surface area contributed by atoms with E-state index in [-0.39, 0.29) is 5.56 Å². The van der Waals surface area contributed by atoms with Crippen molar-refractivity contribution in [2.45, 2.75) is 6.92 Å². The number of hydrogen-bond donors (Lipinski definition) is 2. The molecule has 0 fully saturated rings. The minimum Gasteiger partial charge on any atom is -0.399 e. The summed E-state index contributed by atoms with van der Waals surface area (Å²) >= 11 is 0. The van der Waals surface area contributed by atoms with Gasteiger partial charge in [0.1, 0.15) is 5.82 Å². The fraction of sp³-hybridized carbons (Fsp3) is 0.0714. The number of anilines is 2. The van der Waals surface area contributed by atoms with Gasteiger partial charge in [-0.15, -0.1) is 0 Å². The van der Waals surface area contributed by atoms with Crippen molar-refractivity contribution in [1.29, 1.82) is 0 Å². The number of halogens is 3. The van der Waals surface area contributed by atoms with Crippen molar-refractivity contribution in [1.82, 2.24) is 0 Å². The summed E-state index contributed by atoms with van der Waals surface area (Å²) in [7, 11) is 0. The van der Waals surface area contributed by atoms with E-state index in [0.29, 0.717) is 17.8 Å². The Balaban J connectivity index is 2.32. The number of benzene rings is 2. The zero-order valence-electron chi connectivity index (χ0n) is 10.5. The predicted molar refractivity (Wildman–Crippen MR) is 69.9 cm³/mol. The summed E-state index contributed by atoms with van der Waals surface area (Å²) in [6.07, 6.45) is 0. The van der Waals surface area contributed by atoms with Gasteiger partial charge in [0.25, 0.3) is 5.91 Å². The van der Waals surface area contributed by atoms with Crippen molar-refractivity contribution < 1.29 is 18.0 Å². The quantitative estimate of drug-likeness (QED) is 0.655. The first-order chi connectivity index (χ1) is 9.36. The lowest BCUT2D eigenvalue weighted by molar-refractivity contribution is 0.102. The fourth-order valence-electron chi connectivity index (χ4n) is 1.79. The van der Waals surface area contributed by atoms with Crippen LogP contribution in [0.3, 0.4) is 0 Å². The van der Waals surface area contributed by atoms with E-state index < -0.39 is 29.0 Å². The predicted octanol–water partition coefficient (Wildman–Crippen LogP) is 3.25. The van der Waals surface area contributed by atoms with Crippen molar-refractivity contribution in [3.8, 4) is 0 Å². The Hall–Kier alpha value is -2.50. The highest BCUT2D eigenvalue weighted by Crippen LogP contribution is 2.20. The number of rotatable bonds is 2. The van der Waals surface area contributed by atoms with Crippen LogP contribution in [0.4, 0.5) is 24.5 Å². The molecule has 1 amide bonds. The highest BCUT2D eigenvalue weighted by atomic mass is 19.2. The maximum absolute atomic E-state index is 13.4. The SMILES string of the molecule is Cc1cc(N)cc(C(=O)Nc2cc(F)cc(F)c2F)c1. The van der Waals surface area contributed by atoms with Gasteiger partial charge in [-0.3, -0.25) is 4.79 Å². The Labute approximate surface area is 113 Å². The Morgan fingerprint density at radius 2 is 1.80 bits per heavy atom. The minimum absolute atomic E-state index is 0.173. The lowest BCUT2D eigenvalue weighted by atomic mass is 10.1. The number of carbonyl (C=O) groups is 1. The number of hydrogen-bond acceptors (Lipinski definition) is 2. The van der Waals surface area contributed by atoms with Gasteiger partial charge in [0.2, 0.25) is 0 Å². The first-order valence-electron chi connectivity index (χ1n) is 5.70. The highest BCUT2D eigenvalue weighted by Gasteiger charge is 2.15. The molecule has 0 aromatic heterocycles. The molecule has 3 nitrogen and oxygen atoms in total. The molecule has 0 heterocycles. The van der Waals surface area contributed by atoms with E-state index in [0.717, 1.165) is 5.56 Å². The molecule has 0 saturated carbocycles. The molecule has 0 saturated heterocycles. The monoisotopic (exact) mass is 280 g/mol. The molecular formula is C14H11F3N2O. The molecule has 20 heavy (non-hydrogen) atoms. The van der Waals surface area contributed by atoms with E-state index in [2.05, 4.69) is 5.32 Å². The number of nitrogens with two attached hydrogens (primary N) is 1. The Bertz CT molecular complexity index is 666. The molecule has 2 aromatic carbocycles. The van der Waals surface area contributed by atoms with Crippen molar-refractivity contribution in [2.24, 2.45) is 0 Å². The van der Waals surface area contributed by atoms with Crippen molar-refractivity contribution in [2.75, 3.05) is 11.1 Å². The maximum Gasteiger partial charge on any atom is 0.255 e. The van der Waals surface area contributed by atoms with Crippen LogP contribution in [-0.4, -0.2) is 5.91 Å². The van der Waals surface area contributed by atoms with Crippen molar-refractivity contribution >= 4 is 17.3 Å². The van der Waals surface area contributed by atoms with Gasteiger partial charge in [-0.2, -0.15) is 0 Å². The van der Waals surface area contributed by atoms with Gasteiger partial charge >= 0.3 is 0 Å². The third kappa shape index (κ3) is 2.90. The molecule has 2 rings (SSSR count). The number of carbonyl (C=O) groups excluding carboxylic acids is 1. The van der Waals surface area contributed by atoms with Gasteiger partial charge < -0.3 is 11.1 Å². The molecule has 0 aliphatic carbocycles. The molecule has 6 heteroatoms. The van der Waals surface area contributed by atoms with Crippen molar-refractivity contribution in [3.63, 3.8) is 0 Å². The molecular weight excluding hydrogens is 269 g/mol. The number of aryl methyl sites for hydroxylation is 1. The van der Waals surface area contributed by atoms with Crippen LogP contribution in [0.1, 0.15) is 15.9 Å². The average Bonchev–Trinajstić information content (AvgIpc) is 2.34. The van der Waals surface area contributed by atoms with Crippen LogP contribution in [0.25, 0.3) is 0 Å². The van der Waals surface area contributed by atoms with Crippen LogP contribution < -0.4 is 11.1 Å². The smallest absolute Gasteiger partial charge is 0.255 e. The number of nitrogens with one attached hydrogen (secondary N) is 1. The van der Waals surface area contributed by atoms with Crippen molar-refractivity contribution in [3.05, 3.63) is 58.9 Å². The lowest BCUT2D eigenvalue weighted by Crippen LogP contribution is -2.14. The van der Waals surface area contributed by atoms with E-state index in [1.807, 2.05) is 0 Å². The molecule has 2 aromatic rings. The first kappa shape index (κ1) is 13.9. The zero-order valence-corrected chi connectivity index (χ0v) is 10.5. The summed E-state index contributed by atoms with van der Waals surface area (Å²) in [6, 6.07) is 5.67. The van der Waals surface area contributed by atoms with E-state index in [1.165, 1.54) is 12.1 Å². The van der Waals surface area contributed by atoms with Gasteiger partial charge in [-0.1, -0.05) is 0 Å². The maximum atomic E-state index is 13.4. The molecule has 0 bridgehead atoms. The average molecular weight is 280 g/mol. The van der Waals surface area contributed by atoms with Gasteiger partial charge in [-0.25, -0.2) is 13.2 Å². The van der Waals surface area contributed by atoms with Crippen LogP contribution >= 0.6 is 0 Å². The molecule has 0 radical (unpaired) electrons. The lowest BCUT2D eigenvalue weighted by Gasteiger charge is -2.08. The molecule has 0 atom stereocenters. The fourth-order valence-corrected chi connectivity index (χ4v) is 1.79. The van der Waals surface area contributed by atoms with E-state index in [4.69, 9.17) is 5.73 Å². The third-order valence-electron chi connectivity index (χ3n) is 2.60. The van der Waals surface area contributed by atoms with Crippen LogP contribution in [0.15, 0.2) is 30.3 Å². The molecule has 0 unspecified atom stereocenters. The summed E-state index contributed by atoms with van der Waals surface area (Å²) in [5.41, 5.74) is 6.30. The Kier molecular flexibility index (Phi) is 3.65. The number of amides is 1. The van der Waals surface area contributed by atoms with Gasteiger partial charge in [-0.05, 0) is 30.7 Å². The second-order valence-electron chi connectivity index (χ2n) is 4.34. The third-order valence-corrected chi connectivity index (χ3v) is 2.60. The number of nitrogen functional groups attached to an aromatic ring is 1. The Morgan fingerprint density at radius 3 is 2.45 bits per heavy atom. The summed E-state index contributed by atoms with van der Waals surface area (Å²) in [4.78, 5) is 11.9. The van der Waals surface area contributed by atoms with Gasteiger partial charge in [0.05, 0.1) is 5.69 Å². The molecule has 0 aliphatic heterocycles. The zero-order chi connectivity index (χ0) is 14.9. The largest absolute Gasteiger partial charge is 0.399 e. The highest BCUT2D eigenvalue weighted by molar-refractivity contribution is 6.05. The molecule has 0 spiro atoms. The van der Waals surface area contributed by atoms with Gasteiger partial charge in [0, 0.05) is 23.4 Å². The summed E-state index contributed by atoms with van der Waals surface area (Å²) < 4.78 is 39.5. The van der Waals surface area contributed by atoms with Crippen LogP contribution in [0.2, 0.25) is 0 Å². The summed E-state index contributed by atoms with van der Waals surface area (Å²) in [6.45, 7) is 1.73. The summed E-state index contributed by atoms with van der Waals surface area (Å²) in [5, 5.41) is 2.11. The van der Waals surface area contributed by atoms with E-state index in [1.54, 1.807) is 13.0 Å². The molecule has 104 valence electrons. The first-order valence-corrected chi connectivity index (χ1v) is 5.70. The Morgan fingerprint density at radius 1 is 1.10 bits per heavy atom. The van der Waals surface area contributed by atoms with Crippen LogP contribution in [0, 0.1) is 24.4 Å². The van der Waals surface area contributed by atoms with E-state index in [9.17, 15) is 18.0 Å².